The Bertz CT molecular complexity index is 596. The van der Waals surface area contributed by atoms with E-state index in [4.69, 9.17) is 46.4 Å². The van der Waals surface area contributed by atoms with E-state index in [1.165, 1.54) is 0 Å². The number of benzene rings is 2. The molecule has 0 aliphatic heterocycles. The molecule has 18 heavy (non-hydrogen) atoms. The Hall–Kier alpha value is 0.0800. The minimum atomic E-state index is 0.439. The van der Waals surface area contributed by atoms with Crippen LogP contribution in [0.4, 0.5) is 0 Å². The monoisotopic (exact) mass is 382 g/mol. The summed E-state index contributed by atoms with van der Waals surface area (Å²) in [4.78, 5) is 0. The normalized spacial score (nSPS) is 10.7. The van der Waals surface area contributed by atoms with Gasteiger partial charge in [-0.15, -0.1) is 0 Å². The van der Waals surface area contributed by atoms with Gasteiger partial charge in [0.25, 0.3) is 0 Å². The zero-order chi connectivity index (χ0) is 13.3. The van der Waals surface area contributed by atoms with E-state index in [9.17, 15) is 0 Å². The highest BCUT2D eigenvalue weighted by Gasteiger charge is 2.15. The van der Waals surface area contributed by atoms with E-state index in [1.807, 2.05) is 18.2 Å². The summed E-state index contributed by atoms with van der Waals surface area (Å²) in [6.07, 6.45) is 0. The van der Waals surface area contributed by atoms with Crippen molar-refractivity contribution in [3.05, 3.63) is 56.0 Å². The number of hydrogen-bond acceptors (Lipinski definition) is 0. The minimum absolute atomic E-state index is 0.439. The third-order valence-electron chi connectivity index (χ3n) is 2.53. The molecule has 0 spiro atoms. The van der Waals surface area contributed by atoms with Gasteiger partial charge in [-0.1, -0.05) is 68.4 Å². The molecule has 2 aromatic rings. The van der Waals surface area contributed by atoms with Gasteiger partial charge in [0.1, 0.15) is 0 Å². The van der Waals surface area contributed by atoms with Crippen LogP contribution in [0.2, 0.25) is 20.1 Å². The van der Waals surface area contributed by atoms with Crippen LogP contribution in [0.3, 0.4) is 0 Å². The molecule has 0 aliphatic rings. The van der Waals surface area contributed by atoms with Crippen LogP contribution in [-0.2, 0) is 5.33 Å². The van der Waals surface area contributed by atoms with Gasteiger partial charge in [0.05, 0.1) is 15.1 Å². The first-order chi connectivity index (χ1) is 8.54. The van der Waals surface area contributed by atoms with Crippen LogP contribution >= 0.6 is 62.3 Å². The van der Waals surface area contributed by atoms with Crippen LogP contribution in [0.15, 0.2) is 30.3 Å². The molecule has 0 fully saturated rings. The highest BCUT2D eigenvalue weighted by atomic mass is 79.9. The molecule has 2 rings (SSSR count). The summed E-state index contributed by atoms with van der Waals surface area (Å²) < 4.78 is 0. The predicted molar refractivity (Wildman–Crippen MR) is 84.5 cm³/mol. The van der Waals surface area contributed by atoms with Crippen LogP contribution < -0.4 is 0 Å². The maximum atomic E-state index is 6.24. The van der Waals surface area contributed by atoms with Gasteiger partial charge in [-0.25, -0.2) is 0 Å². The summed E-state index contributed by atoms with van der Waals surface area (Å²) in [6, 6.07) is 8.99. The molecular weight excluding hydrogens is 378 g/mol. The fourth-order valence-electron chi connectivity index (χ4n) is 1.67. The molecule has 0 aliphatic carbocycles. The maximum absolute atomic E-state index is 6.24. The summed E-state index contributed by atoms with van der Waals surface area (Å²) in [5.74, 6) is 0. The standard InChI is InChI=1S/C13H7BrCl4/c14-6-7-1-2-8(15)5-9(7)12-10(16)3-4-11(17)13(12)18/h1-5H,6H2. The number of alkyl halides is 1. The summed E-state index contributed by atoms with van der Waals surface area (Å²) in [5, 5.41) is 2.76. The number of rotatable bonds is 2. The molecule has 0 nitrogen and oxygen atoms in total. The van der Waals surface area contributed by atoms with Crippen LogP contribution in [0, 0.1) is 0 Å². The average Bonchev–Trinajstić information content (AvgIpc) is 2.35. The van der Waals surface area contributed by atoms with Crippen LogP contribution in [-0.4, -0.2) is 0 Å². The van der Waals surface area contributed by atoms with Gasteiger partial charge in [0.2, 0.25) is 0 Å². The highest BCUT2D eigenvalue weighted by molar-refractivity contribution is 9.08. The van der Waals surface area contributed by atoms with Gasteiger partial charge in [-0.2, -0.15) is 0 Å². The second-order valence-corrected chi connectivity index (χ2v) is 5.84. The van der Waals surface area contributed by atoms with Crippen molar-refractivity contribution in [2.45, 2.75) is 5.33 Å². The fraction of sp³-hybridized carbons (Fsp3) is 0.0769. The van der Waals surface area contributed by atoms with Crippen molar-refractivity contribution in [3.63, 3.8) is 0 Å². The summed E-state index contributed by atoms with van der Waals surface area (Å²) in [6.45, 7) is 0. The van der Waals surface area contributed by atoms with Gasteiger partial charge in [-0.3, -0.25) is 0 Å². The Labute approximate surface area is 134 Å². The lowest BCUT2D eigenvalue weighted by Gasteiger charge is -2.12. The second-order valence-electron chi connectivity index (χ2n) is 3.65. The predicted octanol–water partition coefficient (Wildman–Crippen LogP) is 6.86. The zero-order valence-electron chi connectivity index (χ0n) is 8.98. The summed E-state index contributed by atoms with van der Waals surface area (Å²) in [7, 11) is 0. The third kappa shape index (κ3) is 2.81. The molecule has 0 amide bonds. The Morgan fingerprint density at radius 1 is 0.889 bits per heavy atom. The van der Waals surface area contributed by atoms with E-state index < -0.39 is 0 Å². The molecular formula is C13H7BrCl4. The topological polar surface area (TPSA) is 0 Å². The van der Waals surface area contributed by atoms with Crippen LogP contribution in [0.1, 0.15) is 5.56 Å². The Morgan fingerprint density at radius 3 is 2.22 bits per heavy atom. The Kier molecular flexibility index (Phi) is 4.85. The largest absolute Gasteiger partial charge is 0.0876 e. The van der Waals surface area contributed by atoms with E-state index in [1.54, 1.807) is 12.1 Å². The molecule has 0 saturated heterocycles. The first-order valence-corrected chi connectivity index (χ1v) is 7.66. The van der Waals surface area contributed by atoms with E-state index in [-0.39, 0.29) is 0 Å². The molecule has 2 aromatic carbocycles. The van der Waals surface area contributed by atoms with E-state index >= 15 is 0 Å². The van der Waals surface area contributed by atoms with Crippen molar-refractivity contribution in [1.82, 2.24) is 0 Å². The molecule has 5 heteroatoms. The molecule has 0 atom stereocenters. The lowest BCUT2D eigenvalue weighted by atomic mass is 10.0. The van der Waals surface area contributed by atoms with Gasteiger partial charge in [0, 0.05) is 15.9 Å². The van der Waals surface area contributed by atoms with Crippen molar-refractivity contribution in [1.29, 1.82) is 0 Å². The highest BCUT2D eigenvalue weighted by Crippen LogP contribution is 2.41. The Morgan fingerprint density at radius 2 is 1.56 bits per heavy atom. The SMILES string of the molecule is Clc1ccc(CBr)c(-c2c(Cl)ccc(Cl)c2Cl)c1. The smallest absolute Gasteiger partial charge is 0.0685 e. The lowest BCUT2D eigenvalue weighted by molar-refractivity contribution is 1.43. The zero-order valence-corrected chi connectivity index (χ0v) is 13.6. The molecule has 0 saturated carbocycles. The first-order valence-electron chi connectivity index (χ1n) is 5.03. The molecule has 0 aromatic heterocycles. The lowest BCUT2D eigenvalue weighted by Crippen LogP contribution is -1.89. The summed E-state index contributed by atoms with van der Waals surface area (Å²) >= 11 is 28.0. The van der Waals surface area contributed by atoms with Crippen molar-refractivity contribution in [3.8, 4) is 11.1 Å². The van der Waals surface area contributed by atoms with Gasteiger partial charge in [-0.05, 0) is 35.4 Å². The number of hydrogen-bond donors (Lipinski definition) is 0. The van der Waals surface area contributed by atoms with Crippen molar-refractivity contribution < 1.29 is 0 Å². The Balaban J connectivity index is 2.76. The average molecular weight is 385 g/mol. The number of halogens is 5. The summed E-state index contributed by atoms with van der Waals surface area (Å²) in [5.41, 5.74) is 2.64. The molecule has 0 radical (unpaired) electrons. The minimum Gasteiger partial charge on any atom is -0.0876 e. The van der Waals surface area contributed by atoms with Gasteiger partial charge in [0.15, 0.2) is 0 Å². The van der Waals surface area contributed by atoms with Crippen molar-refractivity contribution >= 4 is 62.3 Å². The fourth-order valence-corrected chi connectivity index (χ4v) is 3.06. The molecule has 0 heterocycles. The molecule has 0 bridgehead atoms. The second kappa shape index (κ2) is 6.02. The van der Waals surface area contributed by atoms with Crippen LogP contribution in [0.25, 0.3) is 11.1 Å². The maximum Gasteiger partial charge on any atom is 0.0685 e. The van der Waals surface area contributed by atoms with Crippen molar-refractivity contribution in [2.75, 3.05) is 0 Å². The van der Waals surface area contributed by atoms with Crippen molar-refractivity contribution in [2.24, 2.45) is 0 Å². The van der Waals surface area contributed by atoms with Gasteiger partial charge < -0.3 is 0 Å². The molecule has 94 valence electrons. The quantitative estimate of drug-likeness (QED) is 0.391. The molecule has 0 unspecified atom stereocenters. The van der Waals surface area contributed by atoms with E-state index in [0.717, 1.165) is 11.1 Å². The van der Waals surface area contributed by atoms with E-state index in [2.05, 4.69) is 15.9 Å². The first kappa shape index (κ1) is 14.5. The van der Waals surface area contributed by atoms with Crippen LogP contribution in [0.5, 0.6) is 0 Å². The van der Waals surface area contributed by atoms with E-state index in [0.29, 0.717) is 31.0 Å². The van der Waals surface area contributed by atoms with Gasteiger partial charge >= 0.3 is 0 Å². The third-order valence-corrected chi connectivity index (χ3v) is 4.49. The molecule has 0 N–H and O–H groups in total.